The third-order valence-corrected chi connectivity index (χ3v) is 6.86. The minimum absolute atomic E-state index is 0.134. The molecule has 2 heterocycles. The number of carbonyl (C=O) groups is 2. The summed E-state index contributed by atoms with van der Waals surface area (Å²) in [5.74, 6) is -0.848. The molecule has 2 amide bonds. The van der Waals surface area contributed by atoms with Crippen molar-refractivity contribution in [2.75, 3.05) is 46.6 Å². The van der Waals surface area contributed by atoms with Crippen molar-refractivity contribution in [1.82, 2.24) is 4.98 Å². The third kappa shape index (κ3) is 6.18. The summed E-state index contributed by atoms with van der Waals surface area (Å²) in [4.78, 5) is 34.6. The monoisotopic (exact) mass is 521 g/mol. The Kier molecular flexibility index (Phi) is 7.73. The van der Waals surface area contributed by atoms with E-state index in [0.717, 1.165) is 43.9 Å². The average molecular weight is 522 g/mol. The molecule has 3 aromatic carbocycles. The molecule has 8 heteroatoms. The highest BCUT2D eigenvalue weighted by molar-refractivity contribution is 6.11. The molecule has 39 heavy (non-hydrogen) atoms. The molecule has 1 fully saturated rings. The van der Waals surface area contributed by atoms with E-state index in [1.54, 1.807) is 36.4 Å². The molecule has 5 rings (SSSR count). The van der Waals surface area contributed by atoms with Crippen LogP contribution in [0.15, 0.2) is 91.3 Å². The summed E-state index contributed by atoms with van der Waals surface area (Å²) in [6.07, 6.45) is 4.66. The molecule has 198 valence electrons. The normalized spacial score (nSPS) is 13.5. The van der Waals surface area contributed by atoms with E-state index in [9.17, 15) is 14.7 Å². The van der Waals surface area contributed by atoms with Crippen LogP contribution in [0.4, 0.5) is 22.7 Å². The molecular weight excluding hydrogens is 490 g/mol. The summed E-state index contributed by atoms with van der Waals surface area (Å²) in [5, 5.41) is 16.0. The van der Waals surface area contributed by atoms with Gasteiger partial charge in [0.25, 0.3) is 11.8 Å². The van der Waals surface area contributed by atoms with Crippen LogP contribution in [-0.4, -0.2) is 48.1 Å². The standard InChI is InChI=1S/C31H31N5O3/c1-22-6-8-23(9-7-22)30(38)33-27-4-2-5-28(37)29(27)34-31(39)24-10-12-25(13-11-24)35-18-3-19-36(21-20-35)26-14-16-32-17-15-26/h2,4-17,37H,3,18-21H2,1H3,(H,33,38)(H,34,39). The van der Waals surface area contributed by atoms with Gasteiger partial charge in [0, 0.05) is 61.1 Å². The molecule has 4 aromatic rings. The Labute approximate surface area is 227 Å². The zero-order chi connectivity index (χ0) is 27.2. The Bertz CT molecular complexity index is 1440. The lowest BCUT2D eigenvalue weighted by molar-refractivity contribution is 0.101. The molecule has 0 spiro atoms. The summed E-state index contributed by atoms with van der Waals surface area (Å²) >= 11 is 0. The second-order valence-electron chi connectivity index (χ2n) is 9.55. The van der Waals surface area contributed by atoms with Gasteiger partial charge in [-0.05, 0) is 74.0 Å². The number of hydrogen-bond acceptors (Lipinski definition) is 6. The second kappa shape index (κ2) is 11.7. The van der Waals surface area contributed by atoms with Gasteiger partial charge in [-0.3, -0.25) is 14.6 Å². The van der Waals surface area contributed by atoms with Crippen molar-refractivity contribution < 1.29 is 14.7 Å². The van der Waals surface area contributed by atoms with Crippen LogP contribution >= 0.6 is 0 Å². The van der Waals surface area contributed by atoms with Gasteiger partial charge >= 0.3 is 0 Å². The topological polar surface area (TPSA) is 97.8 Å². The molecule has 0 bridgehead atoms. The molecule has 3 N–H and O–H groups in total. The van der Waals surface area contributed by atoms with E-state index >= 15 is 0 Å². The van der Waals surface area contributed by atoms with E-state index in [1.807, 2.05) is 55.7 Å². The molecule has 8 nitrogen and oxygen atoms in total. The fourth-order valence-corrected chi connectivity index (χ4v) is 4.67. The maximum atomic E-state index is 13.1. The lowest BCUT2D eigenvalue weighted by atomic mass is 10.1. The Morgan fingerprint density at radius 3 is 1.92 bits per heavy atom. The molecule has 0 radical (unpaired) electrons. The summed E-state index contributed by atoms with van der Waals surface area (Å²) < 4.78 is 0. The Hall–Kier alpha value is -4.85. The predicted molar refractivity (Wildman–Crippen MR) is 155 cm³/mol. The molecule has 1 aliphatic heterocycles. The third-order valence-electron chi connectivity index (χ3n) is 6.86. The van der Waals surface area contributed by atoms with Crippen LogP contribution in [0, 0.1) is 6.92 Å². The minimum Gasteiger partial charge on any atom is -0.506 e. The van der Waals surface area contributed by atoms with Crippen molar-refractivity contribution in [1.29, 1.82) is 0 Å². The molecule has 1 aromatic heterocycles. The van der Waals surface area contributed by atoms with Crippen molar-refractivity contribution >= 4 is 34.6 Å². The second-order valence-corrected chi connectivity index (χ2v) is 9.55. The number of anilines is 4. The highest BCUT2D eigenvalue weighted by Crippen LogP contribution is 2.32. The minimum atomic E-state index is -0.381. The van der Waals surface area contributed by atoms with Gasteiger partial charge in [0.05, 0.1) is 5.69 Å². The summed E-state index contributed by atoms with van der Waals surface area (Å²) in [6, 6.07) is 23.4. The number of phenols is 1. The summed E-state index contributed by atoms with van der Waals surface area (Å²) in [5.41, 5.74) is 4.67. The first kappa shape index (κ1) is 25.8. The fraction of sp³-hybridized carbons (Fsp3) is 0.194. The zero-order valence-electron chi connectivity index (χ0n) is 21.8. The first-order chi connectivity index (χ1) is 19.0. The van der Waals surface area contributed by atoms with Crippen LogP contribution < -0.4 is 20.4 Å². The van der Waals surface area contributed by atoms with E-state index < -0.39 is 0 Å². The molecule has 0 saturated carbocycles. The highest BCUT2D eigenvalue weighted by atomic mass is 16.3. The van der Waals surface area contributed by atoms with Crippen molar-refractivity contribution in [3.63, 3.8) is 0 Å². The molecule has 1 aliphatic rings. The molecule has 0 unspecified atom stereocenters. The van der Waals surface area contributed by atoms with E-state index in [1.165, 1.54) is 11.8 Å². The number of nitrogens with one attached hydrogen (secondary N) is 2. The Morgan fingerprint density at radius 2 is 1.28 bits per heavy atom. The maximum Gasteiger partial charge on any atom is 0.255 e. The Morgan fingerprint density at radius 1 is 0.718 bits per heavy atom. The van der Waals surface area contributed by atoms with Crippen LogP contribution in [0.5, 0.6) is 5.75 Å². The molecule has 0 aliphatic carbocycles. The smallest absolute Gasteiger partial charge is 0.255 e. The number of carbonyl (C=O) groups excluding carboxylic acids is 2. The lowest BCUT2D eigenvalue weighted by Gasteiger charge is -2.25. The number of hydrogen-bond donors (Lipinski definition) is 3. The van der Waals surface area contributed by atoms with Crippen molar-refractivity contribution in [2.45, 2.75) is 13.3 Å². The number of benzene rings is 3. The van der Waals surface area contributed by atoms with Gasteiger partial charge in [-0.2, -0.15) is 0 Å². The van der Waals surface area contributed by atoms with Gasteiger partial charge in [-0.25, -0.2) is 0 Å². The highest BCUT2D eigenvalue weighted by Gasteiger charge is 2.18. The number of aryl methyl sites for hydroxylation is 1. The van der Waals surface area contributed by atoms with Gasteiger partial charge in [0.2, 0.25) is 0 Å². The number of rotatable bonds is 6. The lowest BCUT2D eigenvalue weighted by Crippen LogP contribution is -2.30. The van der Waals surface area contributed by atoms with Gasteiger partial charge in [-0.15, -0.1) is 0 Å². The maximum absolute atomic E-state index is 13.1. The number of amides is 2. The first-order valence-electron chi connectivity index (χ1n) is 13.0. The van der Waals surface area contributed by atoms with Gasteiger partial charge in [0.15, 0.2) is 0 Å². The van der Waals surface area contributed by atoms with Crippen molar-refractivity contribution in [2.24, 2.45) is 0 Å². The number of phenolic OH excluding ortho intramolecular Hbond substituents is 1. The first-order valence-corrected chi connectivity index (χ1v) is 13.0. The number of aromatic hydroxyl groups is 1. The largest absolute Gasteiger partial charge is 0.506 e. The van der Waals surface area contributed by atoms with E-state index in [4.69, 9.17) is 0 Å². The van der Waals surface area contributed by atoms with Crippen molar-refractivity contribution in [3.05, 3.63) is 108 Å². The average Bonchev–Trinajstić information content (AvgIpc) is 3.22. The molecular formula is C31H31N5O3. The molecule has 0 atom stereocenters. The number of pyridine rings is 1. The van der Waals surface area contributed by atoms with Gasteiger partial charge < -0.3 is 25.5 Å². The number of aromatic nitrogens is 1. The number of nitrogens with zero attached hydrogens (tertiary/aromatic N) is 3. The van der Waals surface area contributed by atoms with Crippen LogP contribution in [0.3, 0.4) is 0 Å². The molecule has 1 saturated heterocycles. The van der Waals surface area contributed by atoms with Gasteiger partial charge in [0.1, 0.15) is 11.4 Å². The fourth-order valence-electron chi connectivity index (χ4n) is 4.67. The summed E-state index contributed by atoms with van der Waals surface area (Å²) in [7, 11) is 0. The summed E-state index contributed by atoms with van der Waals surface area (Å²) in [6.45, 7) is 5.62. The van der Waals surface area contributed by atoms with Crippen LogP contribution in [0.25, 0.3) is 0 Å². The SMILES string of the molecule is Cc1ccc(C(=O)Nc2cccc(O)c2NC(=O)c2ccc(N3CCCN(c4ccncc4)CC3)cc2)cc1. The zero-order valence-corrected chi connectivity index (χ0v) is 21.8. The Balaban J connectivity index is 1.25. The van der Waals surface area contributed by atoms with Gasteiger partial charge in [-0.1, -0.05) is 23.8 Å². The van der Waals surface area contributed by atoms with Crippen molar-refractivity contribution in [3.8, 4) is 5.75 Å². The van der Waals surface area contributed by atoms with Crippen LogP contribution in [-0.2, 0) is 0 Å². The van der Waals surface area contributed by atoms with E-state index in [0.29, 0.717) is 16.8 Å². The van der Waals surface area contributed by atoms with E-state index in [2.05, 4.69) is 25.4 Å². The quantitative estimate of drug-likeness (QED) is 0.297. The van der Waals surface area contributed by atoms with Crippen LogP contribution in [0.2, 0.25) is 0 Å². The van der Waals surface area contributed by atoms with E-state index in [-0.39, 0.29) is 23.3 Å². The number of para-hydroxylation sites is 1. The van der Waals surface area contributed by atoms with Crippen LogP contribution in [0.1, 0.15) is 32.7 Å². The predicted octanol–water partition coefficient (Wildman–Crippen LogP) is 5.32.